The molecule has 176 valence electrons. The van der Waals surface area contributed by atoms with Gasteiger partial charge < -0.3 is 9.64 Å². The molecule has 2 aromatic carbocycles. The van der Waals surface area contributed by atoms with Crippen molar-refractivity contribution in [1.82, 2.24) is 24.1 Å². The van der Waals surface area contributed by atoms with E-state index in [4.69, 9.17) is 4.74 Å². The van der Waals surface area contributed by atoms with Gasteiger partial charge >= 0.3 is 6.03 Å². The highest BCUT2D eigenvalue weighted by molar-refractivity contribution is 5.99. The molecule has 3 aliphatic rings. The Morgan fingerprint density at radius 3 is 2.41 bits per heavy atom. The number of aromatic nitrogens is 3. The molecule has 3 aliphatic heterocycles. The van der Waals surface area contributed by atoms with E-state index in [0.29, 0.717) is 47.2 Å². The molecule has 8 nitrogen and oxygen atoms in total. The van der Waals surface area contributed by atoms with E-state index in [9.17, 15) is 14.0 Å². The average molecular weight is 464 g/mol. The third-order valence-electron chi connectivity index (χ3n) is 6.45. The SMILES string of the molecule is COc1ccc(-n2nc3c4cc(F)ccc4n(C(=O)N4CCN(C(C)C)CC4)cc-3c2=O)cc1. The molecule has 1 amide bonds. The van der Waals surface area contributed by atoms with Crippen LogP contribution >= 0.6 is 0 Å². The second-order valence-corrected chi connectivity index (χ2v) is 8.74. The molecule has 0 radical (unpaired) electrons. The van der Waals surface area contributed by atoms with Gasteiger partial charge in [-0.25, -0.2) is 9.18 Å². The first-order valence-corrected chi connectivity index (χ1v) is 11.3. The molecule has 2 aromatic rings. The first-order chi connectivity index (χ1) is 16.4. The van der Waals surface area contributed by atoms with Crippen molar-refractivity contribution in [2.45, 2.75) is 19.9 Å². The average Bonchev–Trinajstić information content (AvgIpc) is 3.19. The first kappa shape index (κ1) is 22.1. The maximum Gasteiger partial charge on any atom is 0.328 e. The van der Waals surface area contributed by atoms with Crippen molar-refractivity contribution in [3.63, 3.8) is 0 Å². The zero-order chi connectivity index (χ0) is 24.0. The van der Waals surface area contributed by atoms with Crippen LogP contribution in [0.25, 0.3) is 27.8 Å². The molecule has 0 atom stereocenters. The predicted molar refractivity (Wildman–Crippen MR) is 128 cm³/mol. The summed E-state index contributed by atoms with van der Waals surface area (Å²) in [7, 11) is 1.56. The van der Waals surface area contributed by atoms with E-state index in [0.717, 1.165) is 13.1 Å². The highest BCUT2D eigenvalue weighted by Crippen LogP contribution is 2.29. The molecule has 5 rings (SSSR count). The van der Waals surface area contributed by atoms with Gasteiger partial charge in [0.2, 0.25) is 0 Å². The van der Waals surface area contributed by atoms with Gasteiger partial charge in [0.15, 0.2) is 0 Å². The van der Waals surface area contributed by atoms with E-state index in [-0.39, 0.29) is 17.2 Å². The van der Waals surface area contributed by atoms with Gasteiger partial charge in [0, 0.05) is 43.8 Å². The second-order valence-electron chi connectivity index (χ2n) is 8.74. The number of carbonyl (C=O) groups excluding carboxylic acids is 1. The van der Waals surface area contributed by atoms with Crippen molar-refractivity contribution in [1.29, 1.82) is 0 Å². The van der Waals surface area contributed by atoms with Crippen LogP contribution in [0.4, 0.5) is 9.18 Å². The summed E-state index contributed by atoms with van der Waals surface area (Å²) in [6.07, 6.45) is 1.53. The first-order valence-electron chi connectivity index (χ1n) is 11.3. The van der Waals surface area contributed by atoms with Gasteiger partial charge in [-0.1, -0.05) is 0 Å². The van der Waals surface area contributed by atoms with Crippen LogP contribution in [-0.2, 0) is 0 Å². The second kappa shape index (κ2) is 8.57. The number of carbonyl (C=O) groups is 1. The van der Waals surface area contributed by atoms with Crippen molar-refractivity contribution < 1.29 is 13.9 Å². The summed E-state index contributed by atoms with van der Waals surface area (Å²) in [5.41, 5.74) is 1.28. The Bertz CT molecular complexity index is 1380. The summed E-state index contributed by atoms with van der Waals surface area (Å²) in [5.74, 6) is 0.192. The zero-order valence-electron chi connectivity index (χ0n) is 19.4. The highest BCUT2D eigenvalue weighted by atomic mass is 19.1. The highest BCUT2D eigenvalue weighted by Gasteiger charge is 2.27. The Labute approximate surface area is 196 Å². The largest absolute Gasteiger partial charge is 0.497 e. The molecule has 0 spiro atoms. The molecular weight excluding hydrogens is 437 g/mol. The molecule has 1 fully saturated rings. The number of amides is 1. The molecular formula is C25H26FN5O3. The van der Waals surface area contributed by atoms with Crippen molar-refractivity contribution in [3.8, 4) is 22.7 Å². The minimum Gasteiger partial charge on any atom is -0.497 e. The Morgan fingerprint density at radius 1 is 1.06 bits per heavy atom. The topological polar surface area (TPSA) is 72.6 Å². The van der Waals surface area contributed by atoms with Gasteiger partial charge in [-0.15, -0.1) is 0 Å². The maximum absolute atomic E-state index is 14.2. The molecule has 0 N–H and O–H groups in total. The van der Waals surface area contributed by atoms with E-state index < -0.39 is 5.82 Å². The number of rotatable bonds is 3. The number of hydrogen-bond donors (Lipinski definition) is 0. The minimum atomic E-state index is -0.462. The molecule has 34 heavy (non-hydrogen) atoms. The molecule has 0 unspecified atom stereocenters. The number of methoxy groups -OCH3 is 1. The number of pyridine rings is 1. The fourth-order valence-electron chi connectivity index (χ4n) is 4.48. The Kier molecular flexibility index (Phi) is 5.57. The van der Waals surface area contributed by atoms with Crippen LogP contribution in [-0.4, -0.2) is 69.5 Å². The van der Waals surface area contributed by atoms with Crippen LogP contribution in [0.3, 0.4) is 0 Å². The normalized spacial score (nSPS) is 14.9. The molecule has 0 saturated carbocycles. The number of benzene rings is 2. The standard InChI is InChI=1S/C25H26FN5O3/c1-16(2)28-10-12-29(13-11-28)25(33)30-15-21-23(20-14-17(26)4-9-22(20)30)27-31(24(21)32)18-5-7-19(34-3)8-6-18/h4-9,14-16H,10-13H2,1-3H3. The van der Waals surface area contributed by atoms with Crippen molar-refractivity contribution in [2.75, 3.05) is 33.3 Å². The zero-order valence-corrected chi connectivity index (χ0v) is 19.4. The van der Waals surface area contributed by atoms with Crippen molar-refractivity contribution >= 4 is 16.9 Å². The smallest absolute Gasteiger partial charge is 0.328 e. The van der Waals surface area contributed by atoms with Gasteiger partial charge in [0.1, 0.15) is 17.3 Å². The van der Waals surface area contributed by atoms with E-state index in [1.807, 2.05) is 0 Å². The molecule has 1 saturated heterocycles. The number of ether oxygens (including phenoxy) is 1. The maximum atomic E-state index is 14.2. The van der Waals surface area contributed by atoms with Gasteiger partial charge in [-0.2, -0.15) is 9.78 Å². The summed E-state index contributed by atoms with van der Waals surface area (Å²) < 4.78 is 22.2. The lowest BCUT2D eigenvalue weighted by atomic mass is 10.1. The quantitative estimate of drug-likeness (QED) is 0.466. The summed E-state index contributed by atoms with van der Waals surface area (Å²) >= 11 is 0. The third kappa shape index (κ3) is 3.71. The van der Waals surface area contributed by atoms with E-state index in [1.165, 1.54) is 27.6 Å². The van der Waals surface area contributed by atoms with Crippen LogP contribution in [0.1, 0.15) is 13.8 Å². The number of halogens is 1. The number of nitrogens with zero attached hydrogens (tertiary/aromatic N) is 5. The van der Waals surface area contributed by atoms with Gasteiger partial charge in [0.25, 0.3) is 5.56 Å². The lowest BCUT2D eigenvalue weighted by Crippen LogP contribution is -2.51. The van der Waals surface area contributed by atoms with Crippen LogP contribution < -0.4 is 10.3 Å². The van der Waals surface area contributed by atoms with Crippen LogP contribution in [0.5, 0.6) is 5.75 Å². The summed E-state index contributed by atoms with van der Waals surface area (Å²) in [4.78, 5) is 30.9. The van der Waals surface area contributed by atoms with E-state index in [1.54, 1.807) is 42.3 Å². The molecule has 0 aromatic heterocycles. The van der Waals surface area contributed by atoms with Crippen molar-refractivity contribution in [2.24, 2.45) is 0 Å². The molecule has 3 heterocycles. The lowest BCUT2D eigenvalue weighted by Gasteiger charge is -2.37. The fraction of sp³-hybridized carbons (Fsp3) is 0.320. The minimum absolute atomic E-state index is 0.237. The van der Waals surface area contributed by atoms with Crippen LogP contribution in [0.2, 0.25) is 0 Å². The Morgan fingerprint density at radius 2 is 1.76 bits per heavy atom. The number of fused-ring (bicyclic) bond motifs is 3. The molecule has 0 bridgehead atoms. The summed E-state index contributed by atoms with van der Waals surface area (Å²) in [6, 6.07) is 11.3. The predicted octanol–water partition coefficient (Wildman–Crippen LogP) is 3.43. The van der Waals surface area contributed by atoms with Crippen molar-refractivity contribution in [3.05, 3.63) is 64.8 Å². The van der Waals surface area contributed by atoms with E-state index in [2.05, 4.69) is 23.8 Å². The Balaban J connectivity index is 1.63. The van der Waals surface area contributed by atoms with Gasteiger partial charge in [-0.3, -0.25) is 14.3 Å². The van der Waals surface area contributed by atoms with Crippen LogP contribution in [0.15, 0.2) is 53.5 Å². The van der Waals surface area contributed by atoms with E-state index >= 15 is 0 Å². The third-order valence-corrected chi connectivity index (χ3v) is 6.45. The van der Waals surface area contributed by atoms with Crippen LogP contribution in [0, 0.1) is 5.82 Å². The number of hydrogen-bond acceptors (Lipinski definition) is 5. The van der Waals surface area contributed by atoms with Gasteiger partial charge in [0.05, 0.1) is 23.9 Å². The summed E-state index contributed by atoms with van der Waals surface area (Å²) in [6.45, 7) is 7.00. The summed E-state index contributed by atoms with van der Waals surface area (Å²) in [5, 5.41) is 4.91. The lowest BCUT2D eigenvalue weighted by molar-refractivity contribution is 0.120. The van der Waals surface area contributed by atoms with Gasteiger partial charge in [-0.05, 0) is 56.3 Å². The fourth-order valence-corrected chi connectivity index (χ4v) is 4.48. The molecule has 0 aliphatic carbocycles. The monoisotopic (exact) mass is 463 g/mol. The molecule has 9 heteroatoms. The number of piperazine rings is 1. The Hall–Kier alpha value is -3.72.